The standard InChI is InChI=1S/C17H21N3S/c1-13-3-2-8-17(9-13)12-21-16(20-17)19-11-15-6-4-14(10-18)5-7-15/h4-7,13H,2-3,8-9,11-12H2,1H3,(H,19,20). The van der Waals surface area contributed by atoms with Gasteiger partial charge in [-0.15, -0.1) is 0 Å². The van der Waals surface area contributed by atoms with Gasteiger partial charge in [0.2, 0.25) is 0 Å². The number of hydrogen-bond donors (Lipinski definition) is 1. The predicted molar refractivity (Wildman–Crippen MR) is 88.3 cm³/mol. The minimum absolute atomic E-state index is 0.297. The molecule has 1 aromatic rings. The van der Waals surface area contributed by atoms with Gasteiger partial charge in [0.1, 0.15) is 0 Å². The van der Waals surface area contributed by atoms with Gasteiger partial charge < -0.3 is 5.32 Å². The summed E-state index contributed by atoms with van der Waals surface area (Å²) < 4.78 is 0. The Balaban J connectivity index is 1.61. The van der Waals surface area contributed by atoms with E-state index in [4.69, 9.17) is 10.3 Å². The van der Waals surface area contributed by atoms with Crippen molar-refractivity contribution in [2.45, 2.75) is 44.7 Å². The van der Waals surface area contributed by atoms with Crippen LogP contribution in [0.3, 0.4) is 0 Å². The van der Waals surface area contributed by atoms with E-state index in [2.05, 4.69) is 18.3 Å². The number of benzene rings is 1. The van der Waals surface area contributed by atoms with Crippen LogP contribution >= 0.6 is 11.8 Å². The van der Waals surface area contributed by atoms with Gasteiger partial charge in [0.05, 0.1) is 18.2 Å². The monoisotopic (exact) mass is 299 g/mol. The van der Waals surface area contributed by atoms with Crippen molar-refractivity contribution in [1.82, 2.24) is 5.32 Å². The highest BCUT2D eigenvalue weighted by Crippen LogP contribution is 2.38. The molecule has 1 aliphatic heterocycles. The second-order valence-corrected chi connectivity index (χ2v) is 7.29. The van der Waals surface area contributed by atoms with Crippen molar-refractivity contribution in [3.8, 4) is 6.07 Å². The minimum atomic E-state index is 0.297. The second-order valence-electron chi connectivity index (χ2n) is 6.33. The first kappa shape index (κ1) is 14.5. The maximum Gasteiger partial charge on any atom is 0.157 e. The molecule has 3 rings (SSSR count). The number of nitriles is 1. The van der Waals surface area contributed by atoms with Crippen LogP contribution in [0.4, 0.5) is 0 Å². The predicted octanol–water partition coefficient (Wildman–Crippen LogP) is 3.70. The van der Waals surface area contributed by atoms with Crippen molar-refractivity contribution >= 4 is 16.9 Å². The summed E-state index contributed by atoms with van der Waals surface area (Å²) in [6.45, 7) is 3.05. The van der Waals surface area contributed by atoms with Crippen LogP contribution in [0.5, 0.6) is 0 Å². The summed E-state index contributed by atoms with van der Waals surface area (Å²) in [6, 6.07) is 9.83. The molecular weight excluding hydrogens is 278 g/mol. The van der Waals surface area contributed by atoms with Crippen molar-refractivity contribution in [3.05, 3.63) is 35.4 Å². The van der Waals surface area contributed by atoms with E-state index in [9.17, 15) is 0 Å². The number of nitrogens with one attached hydrogen (secondary N) is 1. The van der Waals surface area contributed by atoms with Gasteiger partial charge in [0.25, 0.3) is 0 Å². The van der Waals surface area contributed by atoms with E-state index in [1.165, 1.54) is 25.7 Å². The Morgan fingerprint density at radius 3 is 2.95 bits per heavy atom. The third-order valence-corrected chi connectivity index (χ3v) is 5.64. The molecule has 2 unspecified atom stereocenters. The molecule has 1 saturated heterocycles. The van der Waals surface area contributed by atoms with Crippen LogP contribution in [0.15, 0.2) is 29.3 Å². The number of amidine groups is 1. The lowest BCUT2D eigenvalue weighted by atomic mass is 9.78. The van der Waals surface area contributed by atoms with E-state index in [1.54, 1.807) is 0 Å². The molecule has 0 aromatic heterocycles. The Morgan fingerprint density at radius 2 is 2.24 bits per heavy atom. The molecule has 21 heavy (non-hydrogen) atoms. The summed E-state index contributed by atoms with van der Waals surface area (Å²) in [4.78, 5) is 4.71. The van der Waals surface area contributed by atoms with Crippen LogP contribution in [0.25, 0.3) is 0 Å². The van der Waals surface area contributed by atoms with Gasteiger partial charge in [-0.2, -0.15) is 5.26 Å². The quantitative estimate of drug-likeness (QED) is 0.906. The summed E-state index contributed by atoms with van der Waals surface area (Å²) in [5.41, 5.74) is 2.16. The zero-order valence-corrected chi connectivity index (χ0v) is 13.2. The molecule has 1 spiro atoms. The molecule has 1 N–H and O–H groups in total. The molecule has 2 atom stereocenters. The number of rotatable bonds is 2. The third-order valence-electron chi connectivity index (χ3n) is 4.44. The van der Waals surface area contributed by atoms with E-state index < -0.39 is 0 Å². The van der Waals surface area contributed by atoms with Crippen molar-refractivity contribution in [1.29, 1.82) is 5.26 Å². The van der Waals surface area contributed by atoms with Crippen molar-refractivity contribution in [3.63, 3.8) is 0 Å². The fourth-order valence-electron chi connectivity index (χ4n) is 3.34. The highest BCUT2D eigenvalue weighted by atomic mass is 32.2. The molecule has 1 saturated carbocycles. The molecule has 1 heterocycles. The number of aliphatic imine (C=N–C) groups is 1. The highest BCUT2D eigenvalue weighted by Gasteiger charge is 2.40. The van der Waals surface area contributed by atoms with E-state index in [0.717, 1.165) is 22.4 Å². The van der Waals surface area contributed by atoms with Gasteiger partial charge in [0.15, 0.2) is 5.17 Å². The number of hydrogen-bond acceptors (Lipinski definition) is 3. The van der Waals surface area contributed by atoms with Crippen LogP contribution in [0, 0.1) is 17.2 Å². The largest absolute Gasteiger partial charge is 0.359 e. The van der Waals surface area contributed by atoms with Crippen LogP contribution in [-0.2, 0) is 6.54 Å². The van der Waals surface area contributed by atoms with Crippen LogP contribution in [0.2, 0.25) is 0 Å². The van der Waals surface area contributed by atoms with Gasteiger partial charge in [0, 0.05) is 11.3 Å². The van der Waals surface area contributed by atoms with Crippen LogP contribution < -0.4 is 5.32 Å². The third kappa shape index (κ3) is 3.41. The van der Waals surface area contributed by atoms with Gasteiger partial charge >= 0.3 is 0 Å². The fraction of sp³-hybridized carbons (Fsp3) is 0.529. The molecule has 4 heteroatoms. The molecular formula is C17H21N3S. The zero-order chi connectivity index (χ0) is 14.7. The summed E-state index contributed by atoms with van der Waals surface area (Å²) in [5.74, 6) is 1.98. The smallest absolute Gasteiger partial charge is 0.157 e. The molecule has 1 aliphatic carbocycles. The summed E-state index contributed by atoms with van der Waals surface area (Å²) in [7, 11) is 0. The minimum Gasteiger partial charge on any atom is -0.359 e. The lowest BCUT2D eigenvalue weighted by Gasteiger charge is -2.36. The first-order valence-electron chi connectivity index (χ1n) is 7.64. The molecule has 0 radical (unpaired) electrons. The van der Waals surface area contributed by atoms with E-state index in [0.29, 0.717) is 17.6 Å². The fourth-order valence-corrected chi connectivity index (χ4v) is 4.54. The Morgan fingerprint density at radius 1 is 1.43 bits per heavy atom. The van der Waals surface area contributed by atoms with E-state index >= 15 is 0 Å². The molecule has 0 amide bonds. The topological polar surface area (TPSA) is 48.2 Å². The molecule has 110 valence electrons. The first-order valence-corrected chi connectivity index (χ1v) is 8.62. The van der Waals surface area contributed by atoms with E-state index in [1.807, 2.05) is 36.0 Å². The maximum atomic E-state index is 8.80. The van der Waals surface area contributed by atoms with E-state index in [-0.39, 0.29) is 0 Å². The van der Waals surface area contributed by atoms with Crippen LogP contribution in [-0.4, -0.2) is 16.5 Å². The van der Waals surface area contributed by atoms with Crippen LogP contribution in [0.1, 0.15) is 43.7 Å². The Bertz CT molecular complexity index is 573. The maximum absolute atomic E-state index is 8.80. The van der Waals surface area contributed by atoms with Gasteiger partial charge in [-0.25, -0.2) is 0 Å². The summed E-state index contributed by atoms with van der Waals surface area (Å²) in [6.07, 6.45) is 5.25. The molecule has 3 nitrogen and oxygen atoms in total. The number of nitrogens with zero attached hydrogens (tertiary/aromatic N) is 2. The highest BCUT2D eigenvalue weighted by molar-refractivity contribution is 8.14. The average Bonchev–Trinajstić information content (AvgIpc) is 2.88. The summed E-state index contributed by atoms with van der Waals surface area (Å²) >= 11 is 1.86. The van der Waals surface area contributed by atoms with Crippen molar-refractivity contribution in [2.75, 3.05) is 5.75 Å². The van der Waals surface area contributed by atoms with Gasteiger partial charge in [-0.1, -0.05) is 43.7 Å². The second kappa shape index (κ2) is 6.11. The lowest BCUT2D eigenvalue weighted by Crippen LogP contribution is -2.47. The Hall–Kier alpha value is -1.47. The zero-order valence-electron chi connectivity index (χ0n) is 12.4. The molecule has 1 aromatic carbocycles. The molecule has 2 aliphatic rings. The SMILES string of the molecule is CC1CCCC2(CSC(=NCc3ccc(C#N)cc3)N2)C1. The van der Waals surface area contributed by atoms with Gasteiger partial charge in [-0.3, -0.25) is 4.99 Å². The van der Waals surface area contributed by atoms with Crippen molar-refractivity contribution in [2.24, 2.45) is 10.9 Å². The normalized spacial score (nSPS) is 30.3. The molecule has 0 bridgehead atoms. The first-order chi connectivity index (χ1) is 10.2. The summed E-state index contributed by atoms with van der Waals surface area (Å²) in [5, 5.41) is 13.6. The lowest BCUT2D eigenvalue weighted by molar-refractivity contribution is 0.242. The average molecular weight is 299 g/mol. The number of thioether (sulfide) groups is 1. The van der Waals surface area contributed by atoms with Crippen molar-refractivity contribution < 1.29 is 0 Å². The molecule has 2 fully saturated rings. The Labute approximate surface area is 130 Å². The Kier molecular flexibility index (Phi) is 4.21. The van der Waals surface area contributed by atoms with Gasteiger partial charge in [-0.05, 0) is 36.5 Å².